The van der Waals surface area contributed by atoms with Crippen LogP contribution < -0.4 is 0 Å². The summed E-state index contributed by atoms with van der Waals surface area (Å²) in [7, 11) is 0. The molecule has 0 aromatic carbocycles. The molecule has 0 aliphatic rings. The van der Waals surface area contributed by atoms with E-state index in [0.717, 1.165) is 18.3 Å². The third-order valence-electron chi connectivity index (χ3n) is 1.86. The smallest absolute Gasteiger partial charge is 0.292 e. The quantitative estimate of drug-likeness (QED) is 0.713. The summed E-state index contributed by atoms with van der Waals surface area (Å²) in [5.74, 6) is -0.748. The van der Waals surface area contributed by atoms with Crippen LogP contribution in [0.4, 0.5) is 13.2 Å². The van der Waals surface area contributed by atoms with Gasteiger partial charge in [0.15, 0.2) is 5.78 Å². The summed E-state index contributed by atoms with van der Waals surface area (Å²) in [5.41, 5.74) is -0.985. The lowest BCUT2D eigenvalue weighted by molar-refractivity contribution is -0.137. The van der Waals surface area contributed by atoms with E-state index in [1.807, 2.05) is 0 Å². The first kappa shape index (κ1) is 11.7. The Morgan fingerprint density at radius 2 is 2.00 bits per heavy atom. The molecule has 1 aromatic rings. The Bertz CT molecular complexity index is 371. The van der Waals surface area contributed by atoms with Crippen molar-refractivity contribution in [2.24, 2.45) is 5.92 Å². The second-order valence-corrected chi connectivity index (χ2v) is 3.45. The molecule has 0 unspecified atom stereocenters. The van der Waals surface area contributed by atoms with Gasteiger partial charge < -0.3 is 0 Å². The maximum Gasteiger partial charge on any atom is 0.416 e. The van der Waals surface area contributed by atoms with E-state index in [9.17, 15) is 18.0 Å². The van der Waals surface area contributed by atoms with Crippen molar-refractivity contribution in [3.63, 3.8) is 0 Å². The largest absolute Gasteiger partial charge is 0.416 e. The number of halogens is 3. The molecule has 0 saturated carbocycles. The van der Waals surface area contributed by atoms with Crippen LogP contribution >= 0.6 is 0 Å². The lowest BCUT2D eigenvalue weighted by Crippen LogP contribution is -2.12. The van der Waals surface area contributed by atoms with Crippen molar-refractivity contribution in [1.82, 2.24) is 4.98 Å². The molecule has 0 aliphatic carbocycles. The summed E-state index contributed by atoms with van der Waals surface area (Å²) in [4.78, 5) is 15.0. The highest BCUT2D eigenvalue weighted by molar-refractivity contribution is 5.95. The summed E-state index contributed by atoms with van der Waals surface area (Å²) in [6.45, 7) is 3.23. The fourth-order valence-corrected chi connectivity index (χ4v) is 1.04. The Kier molecular flexibility index (Phi) is 3.12. The number of aromatic nitrogens is 1. The standard InChI is InChI=1S/C10H10F3NO/c1-6(2)9(15)8-5-7(3-4-14-8)10(11,12)13/h3-6H,1-2H3. The van der Waals surface area contributed by atoms with Gasteiger partial charge in [0.2, 0.25) is 0 Å². The van der Waals surface area contributed by atoms with Crippen LogP contribution in [0.2, 0.25) is 0 Å². The van der Waals surface area contributed by atoms with Gasteiger partial charge in [-0.15, -0.1) is 0 Å². The van der Waals surface area contributed by atoms with Crippen LogP contribution in [0, 0.1) is 5.92 Å². The van der Waals surface area contributed by atoms with Gasteiger partial charge in [-0.25, -0.2) is 0 Å². The van der Waals surface area contributed by atoms with Crippen LogP contribution in [0.3, 0.4) is 0 Å². The van der Waals surface area contributed by atoms with Gasteiger partial charge in [-0.1, -0.05) is 13.8 Å². The summed E-state index contributed by atoms with van der Waals surface area (Å²) >= 11 is 0. The lowest BCUT2D eigenvalue weighted by Gasteiger charge is -2.08. The van der Waals surface area contributed by atoms with E-state index in [1.165, 1.54) is 0 Å². The van der Waals surface area contributed by atoms with E-state index in [-0.39, 0.29) is 17.4 Å². The molecule has 2 nitrogen and oxygen atoms in total. The van der Waals surface area contributed by atoms with Gasteiger partial charge in [0.1, 0.15) is 5.69 Å². The van der Waals surface area contributed by atoms with Gasteiger partial charge in [0.25, 0.3) is 0 Å². The molecule has 0 amide bonds. The average Bonchev–Trinajstić information content (AvgIpc) is 2.15. The Morgan fingerprint density at radius 1 is 1.40 bits per heavy atom. The molecular weight excluding hydrogens is 207 g/mol. The minimum Gasteiger partial charge on any atom is -0.292 e. The highest BCUT2D eigenvalue weighted by Gasteiger charge is 2.31. The second-order valence-electron chi connectivity index (χ2n) is 3.45. The fraction of sp³-hybridized carbons (Fsp3) is 0.400. The van der Waals surface area contributed by atoms with Crippen LogP contribution in [-0.2, 0) is 6.18 Å². The minimum absolute atomic E-state index is 0.139. The van der Waals surface area contributed by atoms with Crippen molar-refractivity contribution in [1.29, 1.82) is 0 Å². The summed E-state index contributed by atoms with van der Waals surface area (Å²) < 4.78 is 36.9. The number of Topliss-reactive ketones (excluding diaryl/α,β-unsaturated/α-hetero) is 1. The lowest BCUT2D eigenvalue weighted by atomic mass is 10.0. The van der Waals surface area contributed by atoms with Crippen LogP contribution in [0.15, 0.2) is 18.3 Å². The Hall–Kier alpha value is -1.39. The third-order valence-corrected chi connectivity index (χ3v) is 1.86. The summed E-state index contributed by atoms with van der Waals surface area (Å²) in [5, 5.41) is 0. The molecule has 0 radical (unpaired) electrons. The van der Waals surface area contributed by atoms with E-state index in [4.69, 9.17) is 0 Å². The zero-order chi connectivity index (χ0) is 11.6. The molecule has 0 saturated heterocycles. The maximum absolute atomic E-state index is 12.3. The zero-order valence-corrected chi connectivity index (χ0v) is 8.30. The number of carbonyl (C=O) groups is 1. The van der Waals surface area contributed by atoms with E-state index in [0.29, 0.717) is 0 Å². The molecule has 0 N–H and O–H groups in total. The highest BCUT2D eigenvalue weighted by atomic mass is 19.4. The van der Waals surface area contributed by atoms with Crippen molar-refractivity contribution in [3.05, 3.63) is 29.6 Å². The van der Waals surface area contributed by atoms with Crippen molar-refractivity contribution < 1.29 is 18.0 Å². The van der Waals surface area contributed by atoms with Gasteiger partial charge in [-0.2, -0.15) is 13.2 Å². The summed E-state index contributed by atoms with van der Waals surface area (Å²) in [6, 6.07) is 1.62. The first-order chi connectivity index (χ1) is 6.82. The van der Waals surface area contributed by atoms with E-state index < -0.39 is 11.7 Å². The summed E-state index contributed by atoms with van der Waals surface area (Å²) in [6.07, 6.45) is -3.44. The molecule has 0 fully saturated rings. The SMILES string of the molecule is CC(C)C(=O)c1cc(C(F)(F)F)ccn1. The van der Waals surface area contributed by atoms with Crippen LogP contribution in [0.25, 0.3) is 0 Å². The van der Waals surface area contributed by atoms with E-state index >= 15 is 0 Å². The van der Waals surface area contributed by atoms with Crippen LogP contribution in [0.5, 0.6) is 0 Å². The number of ketones is 1. The molecule has 0 bridgehead atoms. The first-order valence-corrected chi connectivity index (χ1v) is 4.40. The topological polar surface area (TPSA) is 30.0 Å². The molecule has 1 aromatic heterocycles. The number of pyridine rings is 1. The number of alkyl halides is 3. The molecule has 0 spiro atoms. The number of hydrogen-bond donors (Lipinski definition) is 0. The predicted octanol–water partition coefficient (Wildman–Crippen LogP) is 2.94. The van der Waals surface area contributed by atoms with Crippen molar-refractivity contribution in [3.8, 4) is 0 Å². The van der Waals surface area contributed by atoms with Gasteiger partial charge in [-0.05, 0) is 12.1 Å². The Balaban J connectivity index is 3.09. The minimum atomic E-state index is -4.44. The van der Waals surface area contributed by atoms with Gasteiger partial charge in [0.05, 0.1) is 5.56 Å². The molecule has 0 aliphatic heterocycles. The monoisotopic (exact) mass is 217 g/mol. The van der Waals surface area contributed by atoms with E-state index in [1.54, 1.807) is 13.8 Å². The van der Waals surface area contributed by atoms with Gasteiger partial charge >= 0.3 is 6.18 Å². The van der Waals surface area contributed by atoms with Crippen molar-refractivity contribution in [2.45, 2.75) is 20.0 Å². The first-order valence-electron chi connectivity index (χ1n) is 4.40. The predicted molar refractivity (Wildman–Crippen MR) is 48.4 cm³/mol. The highest BCUT2D eigenvalue weighted by Crippen LogP contribution is 2.29. The van der Waals surface area contributed by atoms with Crippen molar-refractivity contribution >= 4 is 5.78 Å². The molecular formula is C10H10F3NO. The van der Waals surface area contributed by atoms with Gasteiger partial charge in [0, 0.05) is 12.1 Å². The number of nitrogens with zero attached hydrogens (tertiary/aromatic N) is 1. The Labute approximate surface area is 85.1 Å². The molecule has 82 valence electrons. The number of hydrogen-bond acceptors (Lipinski definition) is 2. The molecule has 1 heterocycles. The van der Waals surface area contributed by atoms with Crippen molar-refractivity contribution in [2.75, 3.05) is 0 Å². The number of carbonyl (C=O) groups excluding carboxylic acids is 1. The molecule has 0 atom stereocenters. The molecule has 5 heteroatoms. The van der Waals surface area contributed by atoms with E-state index in [2.05, 4.69) is 4.98 Å². The normalized spacial score (nSPS) is 11.9. The fourth-order valence-electron chi connectivity index (χ4n) is 1.04. The number of rotatable bonds is 2. The zero-order valence-electron chi connectivity index (χ0n) is 8.30. The Morgan fingerprint density at radius 3 is 2.47 bits per heavy atom. The molecule has 1 rings (SSSR count). The third kappa shape index (κ3) is 2.78. The van der Waals surface area contributed by atoms with Crippen LogP contribution in [0.1, 0.15) is 29.9 Å². The van der Waals surface area contributed by atoms with Crippen LogP contribution in [-0.4, -0.2) is 10.8 Å². The maximum atomic E-state index is 12.3. The average molecular weight is 217 g/mol. The molecule has 15 heavy (non-hydrogen) atoms. The second kappa shape index (κ2) is 4.00. The van der Waals surface area contributed by atoms with Gasteiger partial charge in [-0.3, -0.25) is 9.78 Å².